The first kappa shape index (κ1) is 21.1. The molecule has 0 heterocycles. The highest BCUT2D eigenvalue weighted by atomic mass is 16.5. The first-order valence-corrected chi connectivity index (χ1v) is 10.3. The first-order valence-electron chi connectivity index (χ1n) is 10.3. The lowest BCUT2D eigenvalue weighted by atomic mass is 10.1. The van der Waals surface area contributed by atoms with Crippen molar-refractivity contribution in [3.8, 4) is 28.7 Å². The Morgan fingerprint density at radius 3 is 1.66 bits per heavy atom. The Hall–Kier alpha value is -4.12. The molecule has 3 N–H and O–H groups in total. The largest absolute Gasteiger partial charge is 0.508 e. The van der Waals surface area contributed by atoms with E-state index in [1.54, 1.807) is 42.5 Å². The highest BCUT2D eigenvalue weighted by Gasteiger charge is 2.18. The number of aromatic hydroxyl groups is 3. The minimum absolute atomic E-state index is 0.195. The average Bonchev–Trinajstić information content (AvgIpc) is 2.73. The van der Waals surface area contributed by atoms with Gasteiger partial charge in [-0.1, -0.05) is 6.07 Å². The van der Waals surface area contributed by atoms with Crippen LogP contribution in [0.15, 0.2) is 78.9 Å². The number of ether oxygens (including phenoxy) is 1. The van der Waals surface area contributed by atoms with Crippen LogP contribution in [0.25, 0.3) is 0 Å². The van der Waals surface area contributed by atoms with E-state index in [1.165, 1.54) is 0 Å². The van der Waals surface area contributed by atoms with E-state index in [0.717, 1.165) is 33.8 Å². The van der Waals surface area contributed by atoms with Gasteiger partial charge in [0.1, 0.15) is 28.7 Å². The van der Waals surface area contributed by atoms with Crippen LogP contribution in [0.2, 0.25) is 0 Å². The van der Waals surface area contributed by atoms with E-state index in [9.17, 15) is 15.3 Å². The van der Waals surface area contributed by atoms with Crippen LogP contribution in [0.4, 0.5) is 17.1 Å². The van der Waals surface area contributed by atoms with Crippen LogP contribution in [0.5, 0.6) is 28.7 Å². The molecule has 0 saturated carbocycles. The van der Waals surface area contributed by atoms with E-state index in [2.05, 4.69) is 4.90 Å². The molecule has 0 aliphatic heterocycles. The van der Waals surface area contributed by atoms with Crippen LogP contribution in [-0.2, 0) is 0 Å². The number of nitrogens with zero attached hydrogens (tertiary/aromatic N) is 1. The van der Waals surface area contributed by atoms with E-state index >= 15 is 0 Å². The second-order valence-electron chi connectivity index (χ2n) is 7.83. The lowest BCUT2D eigenvalue weighted by molar-refractivity contribution is 0.461. The lowest BCUT2D eigenvalue weighted by Crippen LogP contribution is -2.12. The summed E-state index contributed by atoms with van der Waals surface area (Å²) in [6, 6.07) is 23.2. The monoisotopic (exact) mass is 427 g/mol. The predicted molar refractivity (Wildman–Crippen MR) is 127 cm³/mol. The van der Waals surface area contributed by atoms with Crippen LogP contribution in [-0.4, -0.2) is 15.3 Å². The summed E-state index contributed by atoms with van der Waals surface area (Å²) >= 11 is 0. The number of benzene rings is 4. The van der Waals surface area contributed by atoms with E-state index in [4.69, 9.17) is 4.74 Å². The average molecular weight is 428 g/mol. The van der Waals surface area contributed by atoms with Gasteiger partial charge in [0, 0.05) is 23.1 Å². The Morgan fingerprint density at radius 1 is 0.594 bits per heavy atom. The van der Waals surface area contributed by atoms with Crippen LogP contribution in [0, 0.1) is 20.8 Å². The maximum atomic E-state index is 9.92. The summed E-state index contributed by atoms with van der Waals surface area (Å²) in [6.07, 6.45) is 0. The molecule has 0 bridgehead atoms. The number of phenolic OH excluding ortho intramolecular Hbond substituents is 3. The molecule has 4 aromatic rings. The Morgan fingerprint density at radius 2 is 1.12 bits per heavy atom. The van der Waals surface area contributed by atoms with Gasteiger partial charge in [0.2, 0.25) is 0 Å². The van der Waals surface area contributed by atoms with Gasteiger partial charge in [0.05, 0.1) is 0 Å². The summed E-state index contributed by atoms with van der Waals surface area (Å²) < 4.78 is 6.11. The highest BCUT2D eigenvalue weighted by Crippen LogP contribution is 2.41. The molecule has 0 spiro atoms. The molecule has 32 heavy (non-hydrogen) atoms. The molecular formula is C27H25NO4. The molecule has 0 atom stereocenters. The van der Waals surface area contributed by atoms with Gasteiger partial charge in [-0.05, 0) is 104 Å². The van der Waals surface area contributed by atoms with Crippen molar-refractivity contribution in [2.24, 2.45) is 0 Å². The van der Waals surface area contributed by atoms with Crippen LogP contribution in [0.1, 0.15) is 16.7 Å². The number of hydrogen-bond donors (Lipinski definition) is 3. The van der Waals surface area contributed by atoms with Crippen LogP contribution < -0.4 is 9.64 Å². The maximum absolute atomic E-state index is 9.92. The summed E-state index contributed by atoms with van der Waals surface area (Å²) in [5.74, 6) is 1.91. The molecule has 4 rings (SSSR count). The fraction of sp³-hybridized carbons (Fsp3) is 0.111. The zero-order valence-electron chi connectivity index (χ0n) is 18.2. The summed E-state index contributed by atoms with van der Waals surface area (Å²) in [4.78, 5) is 2.07. The van der Waals surface area contributed by atoms with Crippen LogP contribution >= 0.6 is 0 Å². The standard InChI is InChI=1S/C27H25NO4/c1-17-13-21(29)7-10-25(17)28(26-11-8-22(30)14-18(26)2)20-5-4-6-24(16-20)32-27-12-9-23(31)15-19(27)3/h4-16,29-31H,1-3H3. The fourth-order valence-corrected chi connectivity index (χ4v) is 3.75. The molecule has 5 nitrogen and oxygen atoms in total. The van der Waals surface area contributed by atoms with Crippen molar-refractivity contribution in [3.63, 3.8) is 0 Å². The van der Waals surface area contributed by atoms with Gasteiger partial charge in [0.15, 0.2) is 0 Å². The Bertz CT molecular complexity index is 1230. The third kappa shape index (κ3) is 4.32. The molecule has 0 radical (unpaired) electrons. The second kappa shape index (κ2) is 8.55. The van der Waals surface area contributed by atoms with Crippen molar-refractivity contribution in [1.82, 2.24) is 0 Å². The fourth-order valence-electron chi connectivity index (χ4n) is 3.75. The van der Waals surface area contributed by atoms with Crippen molar-refractivity contribution in [2.75, 3.05) is 4.90 Å². The van der Waals surface area contributed by atoms with Gasteiger partial charge in [-0.2, -0.15) is 0 Å². The van der Waals surface area contributed by atoms with Gasteiger partial charge in [-0.15, -0.1) is 0 Å². The second-order valence-corrected chi connectivity index (χ2v) is 7.83. The molecule has 4 aromatic carbocycles. The van der Waals surface area contributed by atoms with Gasteiger partial charge in [0.25, 0.3) is 0 Å². The topological polar surface area (TPSA) is 73.2 Å². The van der Waals surface area contributed by atoms with E-state index in [-0.39, 0.29) is 17.2 Å². The normalized spacial score (nSPS) is 10.7. The minimum Gasteiger partial charge on any atom is -0.508 e. The summed E-state index contributed by atoms with van der Waals surface area (Å²) in [6.45, 7) is 5.76. The zero-order valence-corrected chi connectivity index (χ0v) is 18.2. The summed E-state index contributed by atoms with van der Waals surface area (Å²) in [7, 11) is 0. The van der Waals surface area contributed by atoms with Crippen molar-refractivity contribution in [1.29, 1.82) is 0 Å². The Kier molecular flexibility index (Phi) is 5.65. The quantitative estimate of drug-likeness (QED) is 0.320. The molecular weight excluding hydrogens is 402 g/mol. The van der Waals surface area contributed by atoms with Crippen molar-refractivity contribution in [3.05, 3.63) is 95.6 Å². The molecule has 0 unspecified atom stereocenters. The maximum Gasteiger partial charge on any atom is 0.130 e. The Balaban J connectivity index is 1.82. The zero-order chi connectivity index (χ0) is 22.8. The molecule has 5 heteroatoms. The van der Waals surface area contributed by atoms with Gasteiger partial charge in [-0.3, -0.25) is 0 Å². The van der Waals surface area contributed by atoms with Gasteiger partial charge < -0.3 is 25.0 Å². The van der Waals surface area contributed by atoms with E-state index < -0.39 is 0 Å². The number of aryl methyl sites for hydroxylation is 3. The Labute approximate surface area is 187 Å². The summed E-state index contributed by atoms with van der Waals surface area (Å²) in [5.41, 5.74) is 5.29. The number of hydrogen-bond acceptors (Lipinski definition) is 5. The summed E-state index contributed by atoms with van der Waals surface area (Å²) in [5, 5.41) is 29.5. The van der Waals surface area contributed by atoms with Crippen LogP contribution in [0.3, 0.4) is 0 Å². The molecule has 0 fully saturated rings. The van der Waals surface area contributed by atoms with Crippen molar-refractivity contribution in [2.45, 2.75) is 20.8 Å². The van der Waals surface area contributed by atoms with Crippen molar-refractivity contribution >= 4 is 17.1 Å². The van der Waals surface area contributed by atoms with E-state index in [1.807, 2.05) is 57.2 Å². The third-order valence-corrected chi connectivity index (χ3v) is 5.30. The molecule has 0 aromatic heterocycles. The van der Waals surface area contributed by atoms with Gasteiger partial charge >= 0.3 is 0 Å². The third-order valence-electron chi connectivity index (χ3n) is 5.30. The SMILES string of the molecule is Cc1cc(O)ccc1Oc1cccc(N(c2ccc(O)cc2C)c2ccc(O)cc2C)c1. The number of anilines is 3. The molecule has 0 aliphatic carbocycles. The minimum atomic E-state index is 0.195. The molecule has 0 amide bonds. The molecule has 0 aliphatic rings. The number of rotatable bonds is 5. The van der Waals surface area contributed by atoms with Gasteiger partial charge in [-0.25, -0.2) is 0 Å². The predicted octanol–water partition coefficient (Wildman–Crippen LogP) is 6.99. The van der Waals surface area contributed by atoms with E-state index in [0.29, 0.717) is 11.5 Å². The van der Waals surface area contributed by atoms with Crippen molar-refractivity contribution < 1.29 is 20.1 Å². The highest BCUT2D eigenvalue weighted by molar-refractivity contribution is 5.81. The number of phenols is 3. The first-order chi connectivity index (χ1) is 15.3. The molecule has 0 saturated heterocycles. The molecule has 162 valence electrons. The smallest absolute Gasteiger partial charge is 0.130 e. The lowest BCUT2D eigenvalue weighted by Gasteiger charge is -2.29.